The largest absolute Gasteiger partial charge is 0.324 e. The molecule has 0 saturated carbocycles. The van der Waals surface area contributed by atoms with E-state index in [1.165, 1.54) is 0 Å². The van der Waals surface area contributed by atoms with Crippen molar-refractivity contribution in [3.63, 3.8) is 0 Å². The molecule has 16 heavy (non-hydrogen) atoms. The third-order valence-electron chi connectivity index (χ3n) is 0. The zero-order valence-electron chi connectivity index (χ0n) is 6.96. The van der Waals surface area contributed by atoms with Crippen molar-refractivity contribution in [3.8, 4) is 0 Å². The van der Waals surface area contributed by atoms with Crippen LogP contribution in [0.3, 0.4) is 0 Å². The van der Waals surface area contributed by atoms with E-state index in [4.69, 9.17) is 47.3 Å². The standard InChI is InChI=1S/5HO2P.V/c5*1-3-2;/h5*(H,1,2);. The average molecular weight is 371 g/mol. The summed E-state index contributed by atoms with van der Waals surface area (Å²) in [5.74, 6) is 0. The van der Waals surface area contributed by atoms with E-state index in [1.54, 1.807) is 0 Å². The van der Waals surface area contributed by atoms with Gasteiger partial charge in [-0.25, -0.2) is 22.8 Å². The first-order chi connectivity index (χ1) is 7.07. The van der Waals surface area contributed by atoms with E-state index in [9.17, 15) is 0 Å². The second-order valence-electron chi connectivity index (χ2n) is 0.408. The van der Waals surface area contributed by atoms with Gasteiger partial charge >= 0.3 is 43.4 Å². The summed E-state index contributed by atoms with van der Waals surface area (Å²) < 4.78 is 42.3. The van der Waals surface area contributed by atoms with Gasteiger partial charge in [-0.05, 0) is 0 Å². The van der Waals surface area contributed by atoms with E-state index in [0.717, 1.165) is 0 Å². The Hall–Kier alpha value is 0.884. The van der Waals surface area contributed by atoms with Crippen LogP contribution in [-0.4, -0.2) is 24.5 Å². The molecule has 0 heterocycles. The van der Waals surface area contributed by atoms with Gasteiger partial charge in [0.05, 0.1) is 0 Å². The first kappa shape index (κ1) is 36.0. The fourth-order valence-corrected chi connectivity index (χ4v) is 0. The molecule has 0 aromatic heterocycles. The van der Waals surface area contributed by atoms with Crippen LogP contribution in [0.2, 0.25) is 0 Å². The first-order valence-electron chi connectivity index (χ1n) is 1.91. The predicted molar refractivity (Wildman–Crippen MR) is 49.1 cm³/mol. The Bertz CT molecular complexity index is 91.5. The topological polar surface area (TPSA) is 186 Å². The van der Waals surface area contributed by atoms with Crippen molar-refractivity contribution in [2.24, 2.45) is 0 Å². The van der Waals surface area contributed by atoms with Crippen molar-refractivity contribution in [2.75, 3.05) is 0 Å². The molecular formula is H5O10P5V. The molecule has 0 fully saturated rings. The number of hydrogen-bond donors (Lipinski definition) is 5. The quantitative estimate of drug-likeness (QED) is 0.383. The molecule has 0 amide bonds. The molecule has 1 radical (unpaired) electrons. The smallest absolute Gasteiger partial charge is 0.310 e. The van der Waals surface area contributed by atoms with Crippen molar-refractivity contribution >= 4 is 43.4 Å². The van der Waals surface area contributed by atoms with Crippen LogP contribution >= 0.6 is 43.4 Å². The van der Waals surface area contributed by atoms with Gasteiger partial charge in [0, 0.05) is 18.6 Å². The Morgan fingerprint density at radius 2 is 0.438 bits per heavy atom. The molecule has 0 saturated heterocycles. The summed E-state index contributed by atoms with van der Waals surface area (Å²) in [6.45, 7) is 0. The van der Waals surface area contributed by atoms with Gasteiger partial charge < -0.3 is 24.5 Å². The third-order valence-corrected chi connectivity index (χ3v) is 0. The summed E-state index contributed by atoms with van der Waals surface area (Å²) in [7, 11) is -4.17. The maximum atomic E-state index is 8.46. The van der Waals surface area contributed by atoms with Crippen LogP contribution in [0.4, 0.5) is 0 Å². The molecular weight excluding hydrogens is 366 g/mol. The molecule has 0 unspecified atom stereocenters. The maximum absolute atomic E-state index is 8.46. The van der Waals surface area contributed by atoms with Gasteiger partial charge in [-0.2, -0.15) is 0 Å². The van der Waals surface area contributed by atoms with E-state index >= 15 is 0 Å². The SMILES string of the molecule is O=PO.O=PO.O=PO.O=PO.O=PO.[V]. The molecule has 0 aliphatic heterocycles. The van der Waals surface area contributed by atoms with E-state index in [2.05, 4.69) is 0 Å². The van der Waals surface area contributed by atoms with Crippen LogP contribution < -0.4 is 0 Å². The molecule has 0 aliphatic rings. The summed E-state index contributed by atoms with van der Waals surface area (Å²) in [5, 5.41) is 0. The minimum absolute atomic E-state index is 0. The molecule has 0 rings (SSSR count). The zero-order valence-corrected chi connectivity index (χ0v) is 12.8. The summed E-state index contributed by atoms with van der Waals surface area (Å²) >= 11 is 0. The van der Waals surface area contributed by atoms with Crippen LogP contribution in [0.5, 0.6) is 0 Å². The van der Waals surface area contributed by atoms with Crippen molar-refractivity contribution < 1.29 is 65.8 Å². The summed E-state index contributed by atoms with van der Waals surface area (Å²) in [6, 6.07) is 0. The minimum Gasteiger partial charge on any atom is -0.310 e. The number of rotatable bonds is 0. The monoisotopic (exact) mass is 371 g/mol. The fraction of sp³-hybridized carbons (Fsp3) is 0. The molecule has 10 nitrogen and oxygen atoms in total. The van der Waals surface area contributed by atoms with Crippen molar-refractivity contribution in [1.29, 1.82) is 0 Å². The zero-order chi connectivity index (χ0) is 13.5. The molecule has 0 spiro atoms. The first-order valence-corrected chi connectivity index (χ1v) is 5.74. The van der Waals surface area contributed by atoms with Crippen molar-refractivity contribution in [1.82, 2.24) is 0 Å². The Morgan fingerprint density at radius 3 is 0.438 bits per heavy atom. The normalized spacial score (nSPS) is 6.56. The van der Waals surface area contributed by atoms with Crippen molar-refractivity contribution in [2.45, 2.75) is 0 Å². The van der Waals surface area contributed by atoms with E-state index < -0.39 is 43.4 Å². The summed E-state index contributed by atoms with van der Waals surface area (Å²) in [4.78, 5) is 34.9. The van der Waals surface area contributed by atoms with Gasteiger partial charge in [0.2, 0.25) is 0 Å². The van der Waals surface area contributed by atoms with Gasteiger partial charge in [0.1, 0.15) is 0 Å². The Morgan fingerprint density at radius 1 is 0.438 bits per heavy atom. The molecule has 16 heteroatoms. The summed E-state index contributed by atoms with van der Waals surface area (Å²) in [6.07, 6.45) is 0. The molecule has 0 aromatic carbocycles. The third kappa shape index (κ3) is 3670. The second kappa shape index (κ2) is 102. The van der Waals surface area contributed by atoms with Gasteiger partial charge in [-0.3, -0.25) is 0 Å². The van der Waals surface area contributed by atoms with Crippen LogP contribution in [0, 0.1) is 0 Å². The maximum Gasteiger partial charge on any atom is 0.324 e. The van der Waals surface area contributed by atoms with Crippen LogP contribution in [0.15, 0.2) is 0 Å². The Balaban J connectivity index is -0.0000000192. The summed E-state index contributed by atoms with van der Waals surface area (Å²) in [5.41, 5.74) is 0. The molecule has 5 N–H and O–H groups in total. The van der Waals surface area contributed by atoms with E-state index in [0.29, 0.717) is 0 Å². The average Bonchev–Trinajstić information content (AvgIpc) is 2.09. The van der Waals surface area contributed by atoms with Gasteiger partial charge in [0.15, 0.2) is 0 Å². The molecule has 0 atom stereocenters. The van der Waals surface area contributed by atoms with Crippen LogP contribution in [0.25, 0.3) is 0 Å². The van der Waals surface area contributed by atoms with E-state index in [-0.39, 0.29) is 18.6 Å². The predicted octanol–water partition coefficient (Wildman–Crippen LogP) is 0.925. The second-order valence-corrected chi connectivity index (χ2v) is 1.22. The van der Waals surface area contributed by atoms with E-state index in [1.807, 2.05) is 0 Å². The van der Waals surface area contributed by atoms with Crippen LogP contribution in [0.1, 0.15) is 0 Å². The fourth-order valence-electron chi connectivity index (χ4n) is 0. The Labute approximate surface area is 109 Å². The minimum atomic E-state index is -0.833. The van der Waals surface area contributed by atoms with Gasteiger partial charge in [0.25, 0.3) is 0 Å². The molecule has 0 bridgehead atoms. The molecule has 95 valence electrons. The van der Waals surface area contributed by atoms with Gasteiger partial charge in [-0.15, -0.1) is 0 Å². The Kier molecular flexibility index (Phi) is 228. The van der Waals surface area contributed by atoms with Gasteiger partial charge in [-0.1, -0.05) is 0 Å². The molecule has 0 aromatic rings. The van der Waals surface area contributed by atoms with Crippen molar-refractivity contribution in [3.05, 3.63) is 0 Å². The molecule has 0 aliphatic carbocycles. The number of hydrogen-bond acceptors (Lipinski definition) is 5. The van der Waals surface area contributed by atoms with Crippen LogP contribution in [-0.2, 0) is 41.4 Å².